The Morgan fingerprint density at radius 3 is 2.00 bits per heavy atom. The summed E-state index contributed by atoms with van der Waals surface area (Å²) in [5.74, 6) is 0.730. The Hall–Kier alpha value is 0.943. The van der Waals surface area contributed by atoms with Crippen molar-refractivity contribution in [3.05, 3.63) is 21.0 Å². The van der Waals surface area contributed by atoms with Crippen molar-refractivity contribution in [3.8, 4) is 0 Å². The Labute approximate surface area is 89.8 Å². The summed E-state index contributed by atoms with van der Waals surface area (Å²) in [6, 6.07) is 0. The van der Waals surface area contributed by atoms with Crippen LogP contribution in [0.25, 0.3) is 0 Å². The summed E-state index contributed by atoms with van der Waals surface area (Å²) in [5.41, 5.74) is 1.48. The Morgan fingerprint density at radius 1 is 1.40 bits per heavy atom. The number of rotatable bonds is 0. The van der Waals surface area contributed by atoms with Gasteiger partial charge < -0.3 is 0 Å². The van der Waals surface area contributed by atoms with E-state index in [-0.39, 0.29) is 24.8 Å². The van der Waals surface area contributed by atoms with Gasteiger partial charge in [0.2, 0.25) is 0 Å². The van der Waals surface area contributed by atoms with Gasteiger partial charge in [-0.15, -0.1) is 24.8 Å². The van der Waals surface area contributed by atoms with Gasteiger partial charge in [-0.2, -0.15) is 0 Å². The fraction of sp³-hybridized carbons (Fsp3) is 0.429. The molecule has 1 aliphatic rings. The first-order valence-electron chi connectivity index (χ1n) is 2.82. The van der Waals surface area contributed by atoms with Gasteiger partial charge in [0, 0.05) is 0 Å². The molecule has 0 amide bonds. The van der Waals surface area contributed by atoms with E-state index in [0.29, 0.717) is 0 Å². The summed E-state index contributed by atoms with van der Waals surface area (Å²) < 4.78 is 1.61. The van der Waals surface area contributed by atoms with Crippen LogP contribution in [0.3, 0.4) is 0 Å². The minimum Gasteiger partial charge on any atom is -0.147 e. The van der Waals surface area contributed by atoms with Crippen molar-refractivity contribution in [1.82, 2.24) is 0 Å². The van der Waals surface area contributed by atoms with Crippen LogP contribution in [-0.2, 0) is 24.7 Å². The van der Waals surface area contributed by atoms with Crippen molar-refractivity contribution in [2.75, 3.05) is 0 Å². The van der Waals surface area contributed by atoms with Crippen molar-refractivity contribution in [1.29, 1.82) is 0 Å². The summed E-state index contributed by atoms with van der Waals surface area (Å²) >= 11 is 1.57. The van der Waals surface area contributed by atoms with E-state index in [1.165, 1.54) is 5.57 Å². The van der Waals surface area contributed by atoms with Crippen molar-refractivity contribution in [2.45, 2.75) is 13.8 Å². The van der Waals surface area contributed by atoms with Crippen LogP contribution in [-0.4, -0.2) is 0 Å². The van der Waals surface area contributed by atoms with Crippen molar-refractivity contribution >= 4 is 24.8 Å². The zero-order valence-corrected chi connectivity index (χ0v) is 10.1. The number of allylic oxidation sites excluding steroid dienone is 4. The Bertz CT molecular complexity index is 161. The van der Waals surface area contributed by atoms with Crippen LogP contribution in [0.15, 0.2) is 21.0 Å². The molecule has 1 rings (SSSR count). The van der Waals surface area contributed by atoms with Crippen molar-refractivity contribution < 1.29 is 24.7 Å². The molecule has 0 aromatic heterocycles. The molecule has 0 radical (unpaired) electrons. The normalized spacial score (nSPS) is 21.9. The van der Waals surface area contributed by atoms with Crippen LogP contribution in [0, 0.1) is 5.92 Å². The van der Waals surface area contributed by atoms with E-state index in [9.17, 15) is 0 Å². The van der Waals surface area contributed by atoms with Crippen LogP contribution in [0.2, 0.25) is 0 Å². The molecule has 0 aromatic carbocycles. The summed E-state index contributed by atoms with van der Waals surface area (Å²) in [4.78, 5) is 0. The standard InChI is InChI=1S/C7H9.2ClH.Zr/c1-6-3-4-7(2)5-6;;;/h3-4,6H,1-2H3;2*1H;. The maximum absolute atomic E-state index is 2.26. The van der Waals surface area contributed by atoms with Crippen LogP contribution in [0.1, 0.15) is 13.8 Å². The molecule has 0 spiro atoms. The van der Waals surface area contributed by atoms with Gasteiger partial charge in [0.25, 0.3) is 0 Å². The van der Waals surface area contributed by atoms with Gasteiger partial charge in [-0.3, -0.25) is 0 Å². The van der Waals surface area contributed by atoms with Gasteiger partial charge in [-0.05, 0) is 0 Å². The zero-order chi connectivity index (χ0) is 6.15. The van der Waals surface area contributed by atoms with E-state index in [2.05, 4.69) is 26.0 Å². The SMILES string of the molecule is CC1=[C]([Zr])C(C)C=C1.Cl.Cl. The van der Waals surface area contributed by atoms with Gasteiger partial charge in [-0.25, -0.2) is 0 Å². The molecule has 0 saturated heterocycles. The van der Waals surface area contributed by atoms with Crippen molar-refractivity contribution in [3.63, 3.8) is 0 Å². The molecular weight excluding hydrogens is 246 g/mol. The fourth-order valence-corrected chi connectivity index (χ4v) is 1.28. The number of hydrogen-bond donors (Lipinski definition) is 0. The average molecular weight is 257 g/mol. The van der Waals surface area contributed by atoms with E-state index in [4.69, 9.17) is 0 Å². The van der Waals surface area contributed by atoms with E-state index < -0.39 is 0 Å². The third-order valence-electron chi connectivity index (χ3n) is 1.52. The Kier molecular flexibility index (Phi) is 7.54. The molecular formula is C7H11Cl2Zr. The molecule has 0 aromatic rings. The average Bonchev–Trinajstić information content (AvgIpc) is 1.98. The summed E-state index contributed by atoms with van der Waals surface area (Å²) in [5, 5.41) is 0. The smallest absolute Gasteiger partial charge is 0.147 e. The molecule has 1 aliphatic carbocycles. The van der Waals surface area contributed by atoms with E-state index in [1.54, 1.807) is 28.0 Å². The Morgan fingerprint density at radius 2 is 1.90 bits per heavy atom. The number of hydrogen-bond acceptors (Lipinski definition) is 0. The minimum atomic E-state index is 0. The van der Waals surface area contributed by atoms with E-state index >= 15 is 0 Å². The molecule has 0 nitrogen and oxygen atoms in total. The second-order valence-electron chi connectivity index (χ2n) is 2.24. The van der Waals surface area contributed by atoms with Crippen LogP contribution < -0.4 is 0 Å². The quantitative estimate of drug-likeness (QED) is 0.626. The first kappa shape index (κ1) is 13.5. The first-order chi connectivity index (χ1) is 3.72. The van der Waals surface area contributed by atoms with E-state index in [0.717, 1.165) is 5.92 Å². The van der Waals surface area contributed by atoms with Gasteiger partial charge in [0.15, 0.2) is 0 Å². The number of halogens is 2. The summed E-state index contributed by atoms with van der Waals surface area (Å²) in [6.45, 7) is 4.43. The zero-order valence-electron chi connectivity index (χ0n) is 6.05. The van der Waals surface area contributed by atoms with Crippen LogP contribution in [0.5, 0.6) is 0 Å². The second kappa shape index (κ2) is 5.58. The van der Waals surface area contributed by atoms with Gasteiger partial charge in [0.1, 0.15) is 0 Å². The topological polar surface area (TPSA) is 0 Å². The summed E-state index contributed by atoms with van der Waals surface area (Å²) in [6.07, 6.45) is 4.48. The molecule has 10 heavy (non-hydrogen) atoms. The third-order valence-corrected chi connectivity index (χ3v) is 3.60. The molecule has 57 valence electrons. The first-order valence-corrected chi connectivity index (χ1v) is 4.05. The molecule has 0 bridgehead atoms. The molecule has 0 N–H and O–H groups in total. The van der Waals surface area contributed by atoms with Crippen LogP contribution in [0.4, 0.5) is 0 Å². The predicted octanol–water partition coefficient (Wildman–Crippen LogP) is 2.86. The molecule has 1 atom stereocenters. The van der Waals surface area contributed by atoms with Crippen LogP contribution >= 0.6 is 24.8 Å². The second-order valence-corrected chi connectivity index (χ2v) is 3.57. The largest absolute Gasteiger partial charge is 0.147 e. The van der Waals surface area contributed by atoms with Gasteiger partial charge in [-0.1, -0.05) is 0 Å². The van der Waals surface area contributed by atoms with Gasteiger partial charge in [0.05, 0.1) is 0 Å². The molecule has 0 saturated carbocycles. The van der Waals surface area contributed by atoms with Crippen molar-refractivity contribution in [2.24, 2.45) is 5.92 Å². The predicted molar refractivity (Wildman–Crippen MR) is 45.5 cm³/mol. The third kappa shape index (κ3) is 2.90. The summed E-state index contributed by atoms with van der Waals surface area (Å²) in [7, 11) is 0. The molecule has 0 aliphatic heterocycles. The molecule has 3 heteroatoms. The maximum atomic E-state index is 2.26. The van der Waals surface area contributed by atoms with Gasteiger partial charge >= 0.3 is 65.5 Å². The Balaban J connectivity index is 0. The van der Waals surface area contributed by atoms with E-state index in [1.807, 2.05) is 0 Å². The minimum absolute atomic E-state index is 0. The fourth-order valence-electron chi connectivity index (χ4n) is 0.834. The molecule has 1 unspecified atom stereocenters. The monoisotopic (exact) mass is 255 g/mol. The maximum Gasteiger partial charge on any atom is -0.147 e. The molecule has 0 fully saturated rings. The molecule has 0 heterocycles.